The summed E-state index contributed by atoms with van der Waals surface area (Å²) in [6.07, 6.45) is 5.83. The maximum Gasteiger partial charge on any atom is 0.289 e. The number of imidazole rings is 1. The van der Waals surface area contributed by atoms with Gasteiger partial charge in [-0.1, -0.05) is 30.3 Å². The third-order valence-electron chi connectivity index (χ3n) is 5.01. The number of ether oxygens (including phenoxy) is 1. The molecule has 0 radical (unpaired) electrons. The molecule has 0 aliphatic carbocycles. The number of amides is 1. The lowest BCUT2D eigenvalue weighted by Crippen LogP contribution is -2.39. The molecule has 1 atom stereocenters. The summed E-state index contributed by atoms with van der Waals surface area (Å²) in [5.74, 6) is 1.83. The molecule has 1 fully saturated rings. The Balaban J connectivity index is 1.49. The molecule has 1 saturated heterocycles. The Kier molecular flexibility index (Phi) is 4.96. The Bertz CT molecular complexity index is 900. The predicted molar refractivity (Wildman–Crippen MR) is 101 cm³/mol. The molecule has 140 valence electrons. The fraction of sp³-hybridized carbons (Fsp3) is 0.333. The van der Waals surface area contributed by atoms with Gasteiger partial charge in [0.05, 0.1) is 7.11 Å². The number of carbonyl (C=O) groups is 1. The maximum atomic E-state index is 12.8. The first-order chi connectivity index (χ1) is 13.2. The fourth-order valence-corrected chi connectivity index (χ4v) is 3.67. The van der Waals surface area contributed by atoms with E-state index in [0.29, 0.717) is 18.3 Å². The molecule has 27 heavy (non-hydrogen) atoms. The molecule has 1 aromatic carbocycles. The minimum atomic E-state index is -0.0934. The summed E-state index contributed by atoms with van der Waals surface area (Å²) >= 11 is 0. The summed E-state index contributed by atoms with van der Waals surface area (Å²) in [5.41, 5.74) is 1.24. The standard InChI is InChI=1S/C21H23N3O3/c1-26-19-10-9-18(27-19)21(25)24-12-5-8-17(15-24)20-22-11-13-23(20)14-16-6-3-2-4-7-16/h2-4,6-7,9-11,13,17H,5,8,12,14-15H2,1H3. The zero-order chi connectivity index (χ0) is 18.6. The first-order valence-electron chi connectivity index (χ1n) is 9.22. The summed E-state index contributed by atoms with van der Waals surface area (Å²) < 4.78 is 12.7. The molecule has 3 heterocycles. The van der Waals surface area contributed by atoms with Gasteiger partial charge in [-0.3, -0.25) is 4.79 Å². The van der Waals surface area contributed by atoms with E-state index in [4.69, 9.17) is 9.15 Å². The number of furan rings is 1. The quantitative estimate of drug-likeness (QED) is 0.694. The third kappa shape index (κ3) is 3.74. The van der Waals surface area contributed by atoms with Gasteiger partial charge in [0.25, 0.3) is 11.9 Å². The van der Waals surface area contributed by atoms with Crippen LogP contribution >= 0.6 is 0 Å². The number of benzene rings is 1. The highest BCUT2D eigenvalue weighted by molar-refractivity contribution is 5.91. The Morgan fingerprint density at radius 2 is 2.11 bits per heavy atom. The van der Waals surface area contributed by atoms with Crippen molar-refractivity contribution in [3.63, 3.8) is 0 Å². The van der Waals surface area contributed by atoms with Crippen LogP contribution in [-0.4, -0.2) is 40.6 Å². The van der Waals surface area contributed by atoms with Crippen molar-refractivity contribution in [1.29, 1.82) is 0 Å². The lowest BCUT2D eigenvalue weighted by molar-refractivity contribution is 0.0665. The molecule has 1 amide bonds. The van der Waals surface area contributed by atoms with E-state index in [9.17, 15) is 4.79 Å². The van der Waals surface area contributed by atoms with Gasteiger partial charge in [0, 0.05) is 44.0 Å². The van der Waals surface area contributed by atoms with Crippen LogP contribution in [0.3, 0.4) is 0 Å². The van der Waals surface area contributed by atoms with Gasteiger partial charge < -0.3 is 18.6 Å². The van der Waals surface area contributed by atoms with Gasteiger partial charge in [-0.25, -0.2) is 4.98 Å². The number of hydrogen-bond donors (Lipinski definition) is 0. The molecule has 0 bridgehead atoms. The van der Waals surface area contributed by atoms with Crippen molar-refractivity contribution in [2.24, 2.45) is 0 Å². The van der Waals surface area contributed by atoms with Gasteiger partial charge in [0.15, 0.2) is 5.76 Å². The molecule has 2 aromatic heterocycles. The van der Waals surface area contributed by atoms with Crippen LogP contribution in [0.25, 0.3) is 0 Å². The molecule has 0 spiro atoms. The van der Waals surface area contributed by atoms with Crippen LogP contribution in [0, 0.1) is 0 Å². The molecule has 6 nitrogen and oxygen atoms in total. The summed E-state index contributed by atoms with van der Waals surface area (Å²) in [6, 6.07) is 13.7. The van der Waals surface area contributed by atoms with Crippen LogP contribution < -0.4 is 4.74 Å². The Labute approximate surface area is 158 Å². The number of carbonyl (C=O) groups excluding carboxylic acids is 1. The molecule has 1 unspecified atom stereocenters. The van der Waals surface area contributed by atoms with Crippen molar-refractivity contribution in [1.82, 2.24) is 14.5 Å². The van der Waals surface area contributed by atoms with Gasteiger partial charge in [0.1, 0.15) is 5.82 Å². The largest absolute Gasteiger partial charge is 0.468 e. The van der Waals surface area contributed by atoms with Crippen molar-refractivity contribution in [3.8, 4) is 5.95 Å². The average molecular weight is 365 g/mol. The first-order valence-corrected chi connectivity index (χ1v) is 9.22. The smallest absolute Gasteiger partial charge is 0.289 e. The number of methoxy groups -OCH3 is 1. The van der Waals surface area contributed by atoms with Crippen molar-refractivity contribution in [2.45, 2.75) is 25.3 Å². The first kappa shape index (κ1) is 17.4. The van der Waals surface area contributed by atoms with Gasteiger partial charge in [-0.15, -0.1) is 0 Å². The molecule has 3 aromatic rings. The topological polar surface area (TPSA) is 60.5 Å². The molecule has 0 N–H and O–H groups in total. The molecule has 1 aliphatic rings. The van der Waals surface area contributed by atoms with Crippen LogP contribution in [0.5, 0.6) is 5.95 Å². The number of nitrogens with zero attached hydrogens (tertiary/aromatic N) is 3. The minimum absolute atomic E-state index is 0.0934. The molecule has 6 heteroatoms. The number of likely N-dealkylation sites (tertiary alicyclic amines) is 1. The molecule has 1 aliphatic heterocycles. The highest BCUT2D eigenvalue weighted by Gasteiger charge is 2.29. The van der Waals surface area contributed by atoms with Gasteiger partial charge in [0.2, 0.25) is 0 Å². The highest BCUT2D eigenvalue weighted by atomic mass is 16.6. The van der Waals surface area contributed by atoms with Gasteiger partial charge in [-0.05, 0) is 24.5 Å². The lowest BCUT2D eigenvalue weighted by Gasteiger charge is -2.32. The Morgan fingerprint density at radius 1 is 1.26 bits per heavy atom. The van der Waals surface area contributed by atoms with Gasteiger partial charge >= 0.3 is 0 Å². The van der Waals surface area contributed by atoms with E-state index in [0.717, 1.165) is 31.8 Å². The van der Waals surface area contributed by atoms with E-state index in [2.05, 4.69) is 21.7 Å². The van der Waals surface area contributed by atoms with Crippen molar-refractivity contribution in [3.05, 3.63) is 72.0 Å². The molecule has 0 saturated carbocycles. The average Bonchev–Trinajstić information content (AvgIpc) is 3.38. The normalized spacial score (nSPS) is 17.1. The van der Waals surface area contributed by atoms with E-state index in [1.165, 1.54) is 12.7 Å². The number of hydrogen-bond acceptors (Lipinski definition) is 4. The zero-order valence-corrected chi connectivity index (χ0v) is 15.4. The van der Waals surface area contributed by atoms with Crippen LogP contribution in [0.4, 0.5) is 0 Å². The second kappa shape index (κ2) is 7.70. The monoisotopic (exact) mass is 365 g/mol. The van der Waals surface area contributed by atoms with E-state index in [1.54, 1.807) is 12.1 Å². The highest BCUT2D eigenvalue weighted by Crippen LogP contribution is 2.28. The van der Waals surface area contributed by atoms with E-state index in [-0.39, 0.29) is 11.8 Å². The number of aromatic nitrogens is 2. The Hall–Kier alpha value is -3.02. The van der Waals surface area contributed by atoms with Crippen molar-refractivity contribution in [2.75, 3.05) is 20.2 Å². The van der Waals surface area contributed by atoms with Crippen molar-refractivity contribution >= 4 is 5.91 Å². The van der Waals surface area contributed by atoms with Crippen LogP contribution in [0.15, 0.2) is 59.3 Å². The van der Waals surface area contributed by atoms with E-state index >= 15 is 0 Å². The second-order valence-electron chi connectivity index (χ2n) is 6.81. The van der Waals surface area contributed by atoms with Crippen molar-refractivity contribution < 1.29 is 13.9 Å². The molecular weight excluding hydrogens is 342 g/mol. The third-order valence-corrected chi connectivity index (χ3v) is 5.01. The summed E-state index contributed by atoms with van der Waals surface area (Å²) in [7, 11) is 1.52. The van der Waals surface area contributed by atoms with Crippen LogP contribution in [0.1, 0.15) is 40.7 Å². The second-order valence-corrected chi connectivity index (χ2v) is 6.81. The zero-order valence-electron chi connectivity index (χ0n) is 15.4. The summed E-state index contributed by atoms with van der Waals surface area (Å²) in [5, 5.41) is 0. The SMILES string of the molecule is COc1ccc(C(=O)N2CCCC(c3nccn3Cc3ccccc3)C2)o1. The van der Waals surface area contributed by atoms with Crippen LogP contribution in [-0.2, 0) is 6.54 Å². The predicted octanol–water partition coefficient (Wildman–Crippen LogP) is 3.55. The van der Waals surface area contributed by atoms with E-state index in [1.807, 2.05) is 35.5 Å². The lowest BCUT2D eigenvalue weighted by atomic mass is 9.96. The maximum absolute atomic E-state index is 12.8. The summed E-state index contributed by atoms with van der Waals surface area (Å²) in [6.45, 7) is 2.17. The molecular formula is C21H23N3O3. The summed E-state index contributed by atoms with van der Waals surface area (Å²) in [4.78, 5) is 19.2. The van der Waals surface area contributed by atoms with Crippen LogP contribution in [0.2, 0.25) is 0 Å². The Morgan fingerprint density at radius 3 is 2.89 bits per heavy atom. The number of piperidine rings is 1. The fourth-order valence-electron chi connectivity index (χ4n) is 3.67. The van der Waals surface area contributed by atoms with Gasteiger partial charge in [-0.2, -0.15) is 0 Å². The van der Waals surface area contributed by atoms with E-state index < -0.39 is 0 Å². The number of rotatable bonds is 5. The molecule has 4 rings (SSSR count). The minimum Gasteiger partial charge on any atom is -0.468 e.